The van der Waals surface area contributed by atoms with E-state index in [9.17, 15) is 0 Å². The number of nitrogens with one attached hydrogen (secondary N) is 1. The fraction of sp³-hybridized carbons (Fsp3) is 0.400. The van der Waals surface area contributed by atoms with Crippen molar-refractivity contribution < 1.29 is 0 Å². The van der Waals surface area contributed by atoms with Crippen LogP contribution in [-0.4, -0.2) is 12.1 Å². The van der Waals surface area contributed by atoms with Crippen LogP contribution >= 0.6 is 27.5 Å². The maximum absolute atomic E-state index is 5.98. The lowest BCUT2D eigenvalue weighted by Crippen LogP contribution is -2.44. The molecule has 1 aromatic rings. The summed E-state index contributed by atoms with van der Waals surface area (Å²) in [6.07, 6.45) is 2.10. The molecule has 1 aliphatic carbocycles. The van der Waals surface area contributed by atoms with Crippen molar-refractivity contribution in [3.63, 3.8) is 0 Å². The van der Waals surface area contributed by atoms with Gasteiger partial charge in [0.2, 0.25) is 0 Å². The number of nitrogens with two attached hydrogens (primary N) is 1. The number of anilines is 1. The first kappa shape index (κ1) is 10.3. The zero-order valence-electron chi connectivity index (χ0n) is 7.63. The molecule has 0 aliphatic heterocycles. The van der Waals surface area contributed by atoms with Gasteiger partial charge in [-0.3, -0.25) is 0 Å². The van der Waals surface area contributed by atoms with Gasteiger partial charge in [-0.15, -0.1) is 0 Å². The molecule has 2 rings (SSSR count). The SMILES string of the molecule is NC1CC(Nc2ccc(Br)c(Cl)c2)C1. The van der Waals surface area contributed by atoms with Gasteiger partial charge in [0.15, 0.2) is 0 Å². The Balaban J connectivity index is 2.00. The van der Waals surface area contributed by atoms with Crippen molar-refractivity contribution in [1.29, 1.82) is 0 Å². The van der Waals surface area contributed by atoms with Crippen molar-refractivity contribution in [2.24, 2.45) is 5.73 Å². The lowest BCUT2D eigenvalue weighted by molar-refractivity contribution is 0.373. The predicted octanol–water partition coefficient (Wildman–Crippen LogP) is 3.00. The first-order valence-electron chi connectivity index (χ1n) is 4.62. The van der Waals surface area contributed by atoms with Crippen molar-refractivity contribution in [2.45, 2.75) is 24.9 Å². The number of hydrogen-bond donors (Lipinski definition) is 2. The summed E-state index contributed by atoms with van der Waals surface area (Å²) >= 11 is 9.33. The van der Waals surface area contributed by atoms with Crippen LogP contribution < -0.4 is 11.1 Å². The molecule has 0 spiro atoms. The number of rotatable bonds is 2. The minimum Gasteiger partial charge on any atom is -0.382 e. The zero-order valence-corrected chi connectivity index (χ0v) is 9.98. The highest BCUT2D eigenvalue weighted by Gasteiger charge is 2.25. The van der Waals surface area contributed by atoms with Crippen LogP contribution in [0.5, 0.6) is 0 Å². The molecular formula is C10H12BrClN2. The second-order valence-electron chi connectivity index (χ2n) is 3.70. The van der Waals surface area contributed by atoms with E-state index in [0.717, 1.165) is 28.0 Å². The van der Waals surface area contributed by atoms with Gasteiger partial charge in [0, 0.05) is 22.2 Å². The van der Waals surface area contributed by atoms with Crippen LogP contribution in [0.4, 0.5) is 5.69 Å². The van der Waals surface area contributed by atoms with Gasteiger partial charge in [-0.1, -0.05) is 11.6 Å². The summed E-state index contributed by atoms with van der Waals surface area (Å²) in [5.74, 6) is 0. The Bertz CT molecular complexity index is 337. The van der Waals surface area contributed by atoms with E-state index in [1.165, 1.54) is 0 Å². The number of hydrogen-bond acceptors (Lipinski definition) is 2. The summed E-state index contributed by atoms with van der Waals surface area (Å²) in [7, 11) is 0. The fourth-order valence-electron chi connectivity index (χ4n) is 1.60. The van der Waals surface area contributed by atoms with Crippen LogP contribution in [-0.2, 0) is 0 Å². The summed E-state index contributed by atoms with van der Waals surface area (Å²) in [6, 6.07) is 6.78. The molecule has 0 saturated heterocycles. The highest BCUT2D eigenvalue weighted by molar-refractivity contribution is 9.10. The molecule has 1 aromatic carbocycles. The van der Waals surface area contributed by atoms with Crippen molar-refractivity contribution in [3.8, 4) is 0 Å². The summed E-state index contributed by atoms with van der Waals surface area (Å²) in [6.45, 7) is 0. The molecular weight excluding hydrogens is 263 g/mol. The van der Waals surface area contributed by atoms with Crippen LogP contribution in [0.25, 0.3) is 0 Å². The van der Waals surface area contributed by atoms with E-state index < -0.39 is 0 Å². The van der Waals surface area contributed by atoms with Gasteiger partial charge < -0.3 is 11.1 Å². The lowest BCUT2D eigenvalue weighted by atomic mass is 9.87. The molecule has 0 unspecified atom stereocenters. The molecule has 0 atom stereocenters. The van der Waals surface area contributed by atoms with Crippen LogP contribution in [0.3, 0.4) is 0 Å². The van der Waals surface area contributed by atoms with E-state index in [0.29, 0.717) is 12.1 Å². The van der Waals surface area contributed by atoms with Gasteiger partial charge in [-0.2, -0.15) is 0 Å². The topological polar surface area (TPSA) is 38.0 Å². The largest absolute Gasteiger partial charge is 0.382 e. The molecule has 14 heavy (non-hydrogen) atoms. The standard InChI is InChI=1S/C10H12BrClN2/c11-9-2-1-7(5-10(9)12)14-8-3-6(13)4-8/h1-2,5-6,8,14H,3-4,13H2. The average Bonchev–Trinajstić information content (AvgIpc) is 2.09. The third-order valence-electron chi connectivity index (χ3n) is 2.46. The molecule has 0 amide bonds. The Morgan fingerprint density at radius 1 is 1.43 bits per heavy atom. The van der Waals surface area contributed by atoms with Crippen molar-refractivity contribution in [1.82, 2.24) is 0 Å². The number of benzene rings is 1. The molecule has 1 aliphatic rings. The monoisotopic (exact) mass is 274 g/mol. The quantitative estimate of drug-likeness (QED) is 0.871. The van der Waals surface area contributed by atoms with E-state index >= 15 is 0 Å². The highest BCUT2D eigenvalue weighted by atomic mass is 79.9. The van der Waals surface area contributed by atoms with Crippen molar-refractivity contribution in [3.05, 3.63) is 27.7 Å². The molecule has 1 fully saturated rings. The van der Waals surface area contributed by atoms with E-state index in [-0.39, 0.29) is 0 Å². The van der Waals surface area contributed by atoms with Gasteiger partial charge in [0.1, 0.15) is 0 Å². The van der Waals surface area contributed by atoms with Gasteiger partial charge in [-0.25, -0.2) is 0 Å². The average molecular weight is 276 g/mol. The molecule has 1 saturated carbocycles. The van der Waals surface area contributed by atoms with Crippen LogP contribution in [0.1, 0.15) is 12.8 Å². The molecule has 2 nitrogen and oxygen atoms in total. The van der Waals surface area contributed by atoms with E-state index in [4.69, 9.17) is 17.3 Å². The Morgan fingerprint density at radius 2 is 2.14 bits per heavy atom. The maximum Gasteiger partial charge on any atom is 0.0568 e. The van der Waals surface area contributed by atoms with Crippen LogP contribution in [0, 0.1) is 0 Å². The van der Waals surface area contributed by atoms with Crippen LogP contribution in [0.15, 0.2) is 22.7 Å². The van der Waals surface area contributed by atoms with Crippen LogP contribution in [0.2, 0.25) is 5.02 Å². The summed E-state index contributed by atoms with van der Waals surface area (Å²) < 4.78 is 0.926. The third-order valence-corrected chi connectivity index (χ3v) is 3.70. The Morgan fingerprint density at radius 3 is 2.71 bits per heavy atom. The zero-order chi connectivity index (χ0) is 10.1. The Kier molecular flexibility index (Phi) is 3.00. The second-order valence-corrected chi connectivity index (χ2v) is 4.96. The summed E-state index contributed by atoms with van der Waals surface area (Å²) in [5, 5.41) is 4.13. The van der Waals surface area contributed by atoms with E-state index in [1.807, 2.05) is 18.2 Å². The smallest absolute Gasteiger partial charge is 0.0568 e. The minimum atomic E-state index is 0.374. The molecule has 0 bridgehead atoms. The lowest BCUT2D eigenvalue weighted by Gasteiger charge is -2.33. The van der Waals surface area contributed by atoms with Gasteiger partial charge in [0.25, 0.3) is 0 Å². The molecule has 0 radical (unpaired) electrons. The van der Waals surface area contributed by atoms with E-state index in [1.54, 1.807) is 0 Å². The predicted molar refractivity (Wildman–Crippen MR) is 63.8 cm³/mol. The first-order valence-corrected chi connectivity index (χ1v) is 5.79. The van der Waals surface area contributed by atoms with E-state index in [2.05, 4.69) is 21.2 Å². The normalized spacial score (nSPS) is 25.6. The third kappa shape index (κ3) is 2.22. The Hall–Kier alpha value is -0.250. The molecule has 76 valence electrons. The molecule has 4 heteroatoms. The van der Waals surface area contributed by atoms with Gasteiger partial charge >= 0.3 is 0 Å². The summed E-state index contributed by atoms with van der Waals surface area (Å²) in [5.41, 5.74) is 6.77. The van der Waals surface area contributed by atoms with Crippen molar-refractivity contribution >= 4 is 33.2 Å². The molecule has 0 heterocycles. The minimum absolute atomic E-state index is 0.374. The maximum atomic E-state index is 5.98. The van der Waals surface area contributed by atoms with Gasteiger partial charge in [-0.05, 0) is 47.0 Å². The fourth-order valence-corrected chi connectivity index (χ4v) is 2.03. The first-order chi connectivity index (χ1) is 6.65. The highest BCUT2D eigenvalue weighted by Crippen LogP contribution is 2.28. The summed E-state index contributed by atoms with van der Waals surface area (Å²) in [4.78, 5) is 0. The van der Waals surface area contributed by atoms with Gasteiger partial charge in [0.05, 0.1) is 5.02 Å². The molecule has 0 aromatic heterocycles. The molecule has 3 N–H and O–H groups in total. The van der Waals surface area contributed by atoms with Crippen molar-refractivity contribution in [2.75, 3.05) is 5.32 Å². The second kappa shape index (κ2) is 4.09. The Labute approximate surface area is 96.9 Å². The number of halogens is 2.